The number of nitrogens with two attached hydrogens (primary N) is 2. The summed E-state index contributed by atoms with van der Waals surface area (Å²) in [5.41, 5.74) is 13.9. The quantitative estimate of drug-likeness (QED) is 0.639. The van der Waals surface area contributed by atoms with E-state index in [1.165, 1.54) is 12.1 Å². The molecule has 4 rings (SSSR count). The molecule has 0 radical (unpaired) electrons. The Bertz CT molecular complexity index is 1020. The fraction of sp³-hybridized carbons (Fsp3) is 0.300. The number of ether oxygens (including phenoxy) is 2. The topological polar surface area (TPSA) is 96.3 Å². The summed E-state index contributed by atoms with van der Waals surface area (Å²) in [4.78, 5) is 8.85. The van der Waals surface area contributed by atoms with Crippen molar-refractivity contribution in [2.24, 2.45) is 5.92 Å². The van der Waals surface area contributed by atoms with Crippen LogP contribution in [-0.2, 0) is 4.74 Å². The average molecular weight is 403 g/mol. The molecule has 8 heteroatoms. The molecule has 4 N–H and O–H groups in total. The smallest absolute Gasteiger partial charge is 0.162 e. The molecule has 1 aromatic heterocycles. The minimum atomic E-state index is -0.504. The fourth-order valence-electron chi connectivity index (χ4n) is 3.21. The lowest BCUT2D eigenvalue weighted by Gasteiger charge is -2.22. The van der Waals surface area contributed by atoms with Crippen molar-refractivity contribution in [3.05, 3.63) is 41.2 Å². The van der Waals surface area contributed by atoms with Gasteiger partial charge < -0.3 is 20.9 Å². The second-order valence-corrected chi connectivity index (χ2v) is 7.24. The summed E-state index contributed by atoms with van der Waals surface area (Å²) in [5.74, 6) is 1.13. The van der Waals surface area contributed by atoms with E-state index < -0.39 is 5.82 Å². The summed E-state index contributed by atoms with van der Waals surface area (Å²) < 4.78 is 24.8. The van der Waals surface area contributed by atoms with Crippen LogP contribution in [-0.4, -0.2) is 29.8 Å². The molecule has 1 aliphatic heterocycles. The highest BCUT2D eigenvalue weighted by atomic mass is 35.5. The van der Waals surface area contributed by atoms with Crippen LogP contribution in [0.15, 0.2) is 30.3 Å². The van der Waals surface area contributed by atoms with Crippen molar-refractivity contribution in [2.45, 2.75) is 12.8 Å². The molecule has 146 valence electrons. The summed E-state index contributed by atoms with van der Waals surface area (Å²) in [6.45, 7) is 2.09. The van der Waals surface area contributed by atoms with Gasteiger partial charge in [-0.3, -0.25) is 0 Å². The largest absolute Gasteiger partial charge is 0.491 e. The van der Waals surface area contributed by atoms with Gasteiger partial charge in [-0.1, -0.05) is 11.6 Å². The molecule has 1 saturated heterocycles. The van der Waals surface area contributed by atoms with Gasteiger partial charge in [0.05, 0.1) is 22.8 Å². The molecule has 2 heterocycles. The molecular formula is C20H20ClFN4O2. The molecule has 1 fully saturated rings. The second kappa shape index (κ2) is 7.77. The SMILES string of the molecule is Nc1cc2c(N)nc(-c3ccc(F)c(Cl)c3)nc2cc1OCC1CCOCC1. The Balaban J connectivity index is 1.67. The van der Waals surface area contributed by atoms with Crippen molar-refractivity contribution in [1.82, 2.24) is 9.97 Å². The summed E-state index contributed by atoms with van der Waals surface area (Å²) in [6, 6.07) is 7.77. The predicted molar refractivity (Wildman–Crippen MR) is 108 cm³/mol. The van der Waals surface area contributed by atoms with Crippen LogP contribution in [0.5, 0.6) is 5.75 Å². The van der Waals surface area contributed by atoms with Gasteiger partial charge in [0.25, 0.3) is 0 Å². The van der Waals surface area contributed by atoms with Crippen LogP contribution in [0.4, 0.5) is 15.9 Å². The van der Waals surface area contributed by atoms with E-state index in [-0.39, 0.29) is 10.8 Å². The van der Waals surface area contributed by atoms with Crippen LogP contribution >= 0.6 is 11.6 Å². The summed E-state index contributed by atoms with van der Waals surface area (Å²) in [7, 11) is 0. The zero-order chi connectivity index (χ0) is 19.7. The summed E-state index contributed by atoms with van der Waals surface area (Å²) in [6.07, 6.45) is 1.94. The maximum atomic E-state index is 13.4. The molecule has 6 nitrogen and oxygen atoms in total. The van der Waals surface area contributed by atoms with Crippen molar-refractivity contribution in [1.29, 1.82) is 0 Å². The Morgan fingerprint density at radius 1 is 1.14 bits per heavy atom. The van der Waals surface area contributed by atoms with Gasteiger partial charge in [0, 0.05) is 30.2 Å². The molecule has 2 aromatic carbocycles. The Labute approximate surface area is 166 Å². The Morgan fingerprint density at radius 2 is 1.93 bits per heavy atom. The van der Waals surface area contributed by atoms with E-state index in [1.54, 1.807) is 18.2 Å². The van der Waals surface area contributed by atoms with Gasteiger partial charge >= 0.3 is 0 Å². The highest BCUT2D eigenvalue weighted by Gasteiger charge is 2.16. The van der Waals surface area contributed by atoms with Crippen molar-refractivity contribution >= 4 is 34.0 Å². The number of fused-ring (bicyclic) bond motifs is 1. The van der Waals surface area contributed by atoms with E-state index in [0.717, 1.165) is 26.1 Å². The number of hydrogen-bond acceptors (Lipinski definition) is 6. The third kappa shape index (κ3) is 3.81. The molecule has 0 amide bonds. The normalized spacial score (nSPS) is 15.1. The lowest BCUT2D eigenvalue weighted by Crippen LogP contribution is -2.21. The number of halogens is 2. The van der Waals surface area contributed by atoms with Crippen molar-refractivity contribution in [2.75, 3.05) is 31.3 Å². The highest BCUT2D eigenvalue weighted by molar-refractivity contribution is 6.31. The van der Waals surface area contributed by atoms with E-state index in [1.807, 2.05) is 0 Å². The van der Waals surface area contributed by atoms with Crippen LogP contribution in [0, 0.1) is 11.7 Å². The van der Waals surface area contributed by atoms with E-state index in [0.29, 0.717) is 46.3 Å². The minimum absolute atomic E-state index is 0.00226. The zero-order valence-electron chi connectivity index (χ0n) is 15.1. The monoisotopic (exact) mass is 402 g/mol. The number of nitrogens with zero attached hydrogens (tertiary/aromatic N) is 2. The number of rotatable bonds is 4. The van der Waals surface area contributed by atoms with Gasteiger partial charge in [0.15, 0.2) is 5.82 Å². The van der Waals surface area contributed by atoms with Crippen LogP contribution in [0.25, 0.3) is 22.3 Å². The molecule has 3 aromatic rings. The van der Waals surface area contributed by atoms with Crippen molar-refractivity contribution in [3.8, 4) is 17.1 Å². The van der Waals surface area contributed by atoms with E-state index in [9.17, 15) is 4.39 Å². The maximum absolute atomic E-state index is 13.4. The Kier molecular flexibility index (Phi) is 5.19. The zero-order valence-corrected chi connectivity index (χ0v) is 15.9. The van der Waals surface area contributed by atoms with Gasteiger partial charge in [0.2, 0.25) is 0 Å². The molecular weight excluding hydrogens is 383 g/mol. The molecule has 0 saturated carbocycles. The number of anilines is 2. The second-order valence-electron chi connectivity index (χ2n) is 6.84. The number of nitrogen functional groups attached to an aromatic ring is 2. The molecule has 28 heavy (non-hydrogen) atoms. The molecule has 0 atom stereocenters. The average Bonchev–Trinajstić information content (AvgIpc) is 2.70. The molecule has 0 bridgehead atoms. The van der Waals surface area contributed by atoms with Crippen LogP contribution in [0.2, 0.25) is 5.02 Å². The van der Waals surface area contributed by atoms with Gasteiger partial charge in [-0.15, -0.1) is 0 Å². The number of hydrogen-bond donors (Lipinski definition) is 2. The van der Waals surface area contributed by atoms with Gasteiger partial charge in [-0.25, -0.2) is 14.4 Å². The summed E-state index contributed by atoms with van der Waals surface area (Å²) in [5, 5.41) is 0.630. The van der Waals surface area contributed by atoms with Gasteiger partial charge in [0.1, 0.15) is 17.4 Å². The Hall–Kier alpha value is -2.64. The van der Waals surface area contributed by atoms with Crippen LogP contribution in [0.3, 0.4) is 0 Å². The van der Waals surface area contributed by atoms with Crippen LogP contribution in [0.1, 0.15) is 12.8 Å². The maximum Gasteiger partial charge on any atom is 0.162 e. The Morgan fingerprint density at radius 3 is 2.68 bits per heavy atom. The van der Waals surface area contributed by atoms with E-state index in [2.05, 4.69) is 9.97 Å². The van der Waals surface area contributed by atoms with Crippen molar-refractivity contribution < 1.29 is 13.9 Å². The molecule has 0 unspecified atom stereocenters. The first kappa shape index (κ1) is 18.7. The minimum Gasteiger partial charge on any atom is -0.491 e. The third-order valence-electron chi connectivity index (χ3n) is 4.85. The van der Waals surface area contributed by atoms with Crippen LogP contribution < -0.4 is 16.2 Å². The summed E-state index contributed by atoms with van der Waals surface area (Å²) >= 11 is 5.88. The van der Waals surface area contributed by atoms with Gasteiger partial charge in [-0.05, 0) is 43.0 Å². The van der Waals surface area contributed by atoms with Crippen molar-refractivity contribution in [3.63, 3.8) is 0 Å². The van der Waals surface area contributed by atoms with Gasteiger partial charge in [-0.2, -0.15) is 0 Å². The lowest BCUT2D eigenvalue weighted by molar-refractivity contribution is 0.0499. The molecule has 0 aliphatic carbocycles. The standard InChI is InChI=1S/C20H20ClFN4O2/c21-14-7-12(1-2-15(14)22)20-25-17-9-18(16(23)8-13(17)19(24)26-20)28-10-11-3-5-27-6-4-11/h1-2,7-9,11H,3-6,10,23H2,(H2,24,25,26). The molecule has 0 spiro atoms. The predicted octanol–water partition coefficient (Wildman–Crippen LogP) is 4.06. The first-order chi connectivity index (χ1) is 13.5. The fourth-order valence-corrected chi connectivity index (χ4v) is 3.39. The third-order valence-corrected chi connectivity index (χ3v) is 5.14. The first-order valence-corrected chi connectivity index (χ1v) is 9.42. The first-order valence-electron chi connectivity index (χ1n) is 9.04. The number of benzene rings is 2. The molecule has 1 aliphatic rings. The van der Waals surface area contributed by atoms with E-state index >= 15 is 0 Å². The number of aromatic nitrogens is 2. The van der Waals surface area contributed by atoms with E-state index in [4.69, 9.17) is 32.5 Å². The lowest BCUT2D eigenvalue weighted by atomic mass is 10.0. The highest BCUT2D eigenvalue weighted by Crippen LogP contribution is 2.32.